The smallest absolute Gasteiger partial charge is 0.321 e. The summed E-state index contributed by atoms with van der Waals surface area (Å²) in [6, 6.07) is 9.21. The number of ketones is 1. The molecule has 0 bridgehead atoms. The van der Waals surface area contributed by atoms with Crippen molar-refractivity contribution in [3.05, 3.63) is 48.0 Å². The maximum absolute atomic E-state index is 12.3. The lowest BCUT2D eigenvalue weighted by Crippen LogP contribution is -2.38. The van der Waals surface area contributed by atoms with Crippen LogP contribution in [0.2, 0.25) is 0 Å². The summed E-state index contributed by atoms with van der Waals surface area (Å²) < 4.78 is 10.5. The SMILES string of the molecule is C[C@@]12C=CC(=O)C[C@@H]1[C@@H](C(=O)OCc1ccccc1)C(=O)O2. The van der Waals surface area contributed by atoms with Gasteiger partial charge in [-0.1, -0.05) is 30.3 Å². The Hall–Kier alpha value is -2.43. The second kappa shape index (κ2) is 5.40. The van der Waals surface area contributed by atoms with Crippen LogP contribution < -0.4 is 0 Å². The van der Waals surface area contributed by atoms with E-state index in [1.807, 2.05) is 30.3 Å². The van der Waals surface area contributed by atoms with E-state index < -0.39 is 29.4 Å². The van der Waals surface area contributed by atoms with Crippen molar-refractivity contribution in [2.45, 2.75) is 25.6 Å². The van der Waals surface area contributed by atoms with Crippen molar-refractivity contribution in [3.63, 3.8) is 0 Å². The van der Waals surface area contributed by atoms with Crippen molar-refractivity contribution in [1.29, 1.82) is 0 Å². The number of carbonyl (C=O) groups excluding carboxylic acids is 3. The minimum Gasteiger partial charge on any atom is -0.460 e. The fourth-order valence-electron chi connectivity index (χ4n) is 2.95. The van der Waals surface area contributed by atoms with Gasteiger partial charge in [0, 0.05) is 12.3 Å². The molecule has 1 aromatic carbocycles. The minimum atomic E-state index is -1.04. The van der Waals surface area contributed by atoms with E-state index in [0.29, 0.717) is 0 Å². The molecule has 1 aliphatic carbocycles. The number of ether oxygens (including phenoxy) is 2. The van der Waals surface area contributed by atoms with Gasteiger partial charge in [0.2, 0.25) is 0 Å². The first kappa shape index (κ1) is 14.5. The van der Waals surface area contributed by atoms with Gasteiger partial charge >= 0.3 is 11.9 Å². The Balaban J connectivity index is 1.73. The molecule has 0 spiro atoms. The zero-order valence-corrected chi connectivity index (χ0v) is 12.2. The molecule has 2 aliphatic rings. The zero-order chi connectivity index (χ0) is 15.7. The molecule has 1 fully saturated rings. The average molecular weight is 300 g/mol. The van der Waals surface area contributed by atoms with Gasteiger partial charge < -0.3 is 9.47 Å². The van der Waals surface area contributed by atoms with Crippen molar-refractivity contribution in [2.24, 2.45) is 11.8 Å². The largest absolute Gasteiger partial charge is 0.460 e. The molecule has 1 aromatic rings. The van der Waals surface area contributed by atoms with Crippen molar-refractivity contribution in [3.8, 4) is 0 Å². The van der Waals surface area contributed by atoms with Crippen LogP contribution in [0.1, 0.15) is 18.9 Å². The highest BCUT2D eigenvalue weighted by Gasteiger charge is 2.57. The number of fused-ring (bicyclic) bond motifs is 1. The molecule has 1 heterocycles. The van der Waals surface area contributed by atoms with Crippen LogP contribution in [0.4, 0.5) is 0 Å². The summed E-state index contributed by atoms with van der Waals surface area (Å²) >= 11 is 0. The number of allylic oxidation sites excluding steroid dienone is 1. The molecular weight excluding hydrogens is 284 g/mol. The lowest BCUT2D eigenvalue weighted by molar-refractivity contribution is -0.158. The molecular formula is C17H16O5. The molecule has 0 unspecified atom stereocenters. The first-order valence-corrected chi connectivity index (χ1v) is 7.15. The van der Waals surface area contributed by atoms with Crippen LogP contribution in [0.3, 0.4) is 0 Å². The van der Waals surface area contributed by atoms with Crippen LogP contribution >= 0.6 is 0 Å². The Morgan fingerprint density at radius 2 is 2.05 bits per heavy atom. The first-order valence-electron chi connectivity index (χ1n) is 7.15. The van der Waals surface area contributed by atoms with E-state index in [-0.39, 0.29) is 18.8 Å². The Morgan fingerprint density at radius 3 is 2.77 bits per heavy atom. The molecule has 0 saturated carbocycles. The lowest BCUT2D eigenvalue weighted by Gasteiger charge is -2.29. The van der Waals surface area contributed by atoms with Crippen LogP contribution in [0, 0.1) is 11.8 Å². The second-order valence-corrected chi connectivity index (χ2v) is 5.79. The van der Waals surface area contributed by atoms with E-state index >= 15 is 0 Å². The van der Waals surface area contributed by atoms with Crippen LogP contribution in [0.5, 0.6) is 0 Å². The molecule has 5 heteroatoms. The molecule has 1 saturated heterocycles. The molecule has 114 valence electrons. The van der Waals surface area contributed by atoms with Gasteiger partial charge in [0.15, 0.2) is 11.7 Å². The number of carbonyl (C=O) groups is 3. The van der Waals surface area contributed by atoms with E-state index in [4.69, 9.17) is 9.47 Å². The summed E-state index contributed by atoms with van der Waals surface area (Å²) in [5.41, 5.74) is -0.0638. The maximum Gasteiger partial charge on any atom is 0.321 e. The molecule has 0 radical (unpaired) electrons. The summed E-state index contributed by atoms with van der Waals surface area (Å²) in [7, 11) is 0. The predicted molar refractivity (Wildman–Crippen MR) is 76.5 cm³/mol. The summed E-state index contributed by atoms with van der Waals surface area (Å²) in [5, 5.41) is 0. The van der Waals surface area contributed by atoms with E-state index in [1.54, 1.807) is 13.0 Å². The third-order valence-electron chi connectivity index (χ3n) is 4.21. The molecule has 0 amide bonds. The Bertz CT molecular complexity index is 648. The Kier molecular flexibility index (Phi) is 3.56. The number of hydrogen-bond acceptors (Lipinski definition) is 5. The van der Waals surface area contributed by atoms with E-state index in [2.05, 4.69) is 0 Å². The van der Waals surface area contributed by atoms with Gasteiger partial charge in [-0.25, -0.2) is 0 Å². The highest BCUT2D eigenvalue weighted by molar-refractivity contribution is 6.00. The predicted octanol–water partition coefficient (Wildman–Crippen LogP) is 1.81. The normalized spacial score (nSPS) is 29.9. The van der Waals surface area contributed by atoms with Gasteiger partial charge in [0.05, 0.1) is 0 Å². The monoisotopic (exact) mass is 300 g/mol. The summed E-state index contributed by atoms with van der Waals surface area (Å²) in [6.07, 6.45) is 3.08. The third-order valence-corrected chi connectivity index (χ3v) is 4.21. The average Bonchev–Trinajstić information content (AvgIpc) is 2.76. The number of benzene rings is 1. The van der Waals surface area contributed by atoms with Gasteiger partial charge in [-0.3, -0.25) is 14.4 Å². The highest BCUT2D eigenvalue weighted by atomic mass is 16.6. The van der Waals surface area contributed by atoms with Crippen molar-refractivity contribution in [2.75, 3.05) is 0 Å². The fraction of sp³-hybridized carbons (Fsp3) is 0.353. The molecule has 5 nitrogen and oxygen atoms in total. The molecule has 22 heavy (non-hydrogen) atoms. The molecule has 3 atom stereocenters. The van der Waals surface area contributed by atoms with Crippen molar-refractivity contribution in [1.82, 2.24) is 0 Å². The van der Waals surface area contributed by atoms with Crippen LogP contribution in [0.25, 0.3) is 0 Å². The highest BCUT2D eigenvalue weighted by Crippen LogP contribution is 2.43. The lowest BCUT2D eigenvalue weighted by atomic mass is 9.75. The van der Waals surface area contributed by atoms with E-state index in [0.717, 1.165) is 5.56 Å². The van der Waals surface area contributed by atoms with Gasteiger partial charge in [-0.15, -0.1) is 0 Å². The van der Waals surface area contributed by atoms with Crippen molar-refractivity contribution >= 4 is 17.7 Å². The maximum atomic E-state index is 12.3. The first-order chi connectivity index (χ1) is 10.5. The topological polar surface area (TPSA) is 69.7 Å². The zero-order valence-electron chi connectivity index (χ0n) is 12.2. The summed E-state index contributed by atoms with van der Waals surface area (Å²) in [6.45, 7) is 1.81. The van der Waals surface area contributed by atoms with Crippen LogP contribution in [-0.2, 0) is 30.5 Å². The fourth-order valence-corrected chi connectivity index (χ4v) is 2.95. The number of hydrogen-bond donors (Lipinski definition) is 0. The molecule has 1 aliphatic heterocycles. The van der Waals surface area contributed by atoms with Crippen LogP contribution in [-0.4, -0.2) is 23.3 Å². The van der Waals surface area contributed by atoms with Crippen molar-refractivity contribution < 1.29 is 23.9 Å². The van der Waals surface area contributed by atoms with Gasteiger partial charge in [0.1, 0.15) is 12.2 Å². The van der Waals surface area contributed by atoms with Crippen LogP contribution in [0.15, 0.2) is 42.5 Å². The third kappa shape index (κ3) is 2.54. The molecule has 0 aromatic heterocycles. The molecule has 3 rings (SSSR count). The number of rotatable bonds is 3. The van der Waals surface area contributed by atoms with E-state index in [9.17, 15) is 14.4 Å². The molecule has 0 N–H and O–H groups in total. The standard InChI is InChI=1S/C17H16O5/c1-17-8-7-12(18)9-13(17)14(16(20)22-17)15(19)21-10-11-5-3-2-4-6-11/h2-8,13-14H,9-10H2,1H3/t13-,14+,17-/m1/s1. The van der Waals surface area contributed by atoms with E-state index in [1.165, 1.54) is 6.08 Å². The Morgan fingerprint density at radius 1 is 1.32 bits per heavy atom. The van der Waals surface area contributed by atoms with Gasteiger partial charge in [-0.05, 0) is 24.6 Å². The second-order valence-electron chi connectivity index (χ2n) is 5.79. The minimum absolute atomic E-state index is 0.0939. The quantitative estimate of drug-likeness (QED) is 0.629. The number of esters is 2. The summed E-state index contributed by atoms with van der Waals surface area (Å²) in [4.78, 5) is 35.9. The summed E-state index contributed by atoms with van der Waals surface area (Å²) in [5.74, 6) is -2.90. The van der Waals surface area contributed by atoms with Gasteiger partial charge in [-0.2, -0.15) is 0 Å². The van der Waals surface area contributed by atoms with Gasteiger partial charge in [0.25, 0.3) is 0 Å². The Labute approximate surface area is 127 Å².